The van der Waals surface area contributed by atoms with Gasteiger partial charge < -0.3 is 23.9 Å². The van der Waals surface area contributed by atoms with Gasteiger partial charge in [0.2, 0.25) is 0 Å². The highest BCUT2D eigenvalue weighted by molar-refractivity contribution is 5.92. The van der Waals surface area contributed by atoms with Crippen LogP contribution in [0.3, 0.4) is 0 Å². The molecule has 35 heavy (non-hydrogen) atoms. The van der Waals surface area contributed by atoms with Gasteiger partial charge in [-0.15, -0.1) is 0 Å². The van der Waals surface area contributed by atoms with Crippen LogP contribution < -0.4 is 19.5 Å². The van der Waals surface area contributed by atoms with Crippen molar-refractivity contribution >= 4 is 27.7 Å². The summed E-state index contributed by atoms with van der Waals surface area (Å²) in [5.41, 5.74) is 3.72. The van der Waals surface area contributed by atoms with E-state index in [0.717, 1.165) is 50.3 Å². The summed E-state index contributed by atoms with van der Waals surface area (Å²) in [7, 11) is 4.90. The lowest BCUT2D eigenvalue weighted by Gasteiger charge is -2.18. The minimum Gasteiger partial charge on any atom is -0.497 e. The molecule has 178 valence electrons. The van der Waals surface area contributed by atoms with Gasteiger partial charge in [-0.2, -0.15) is 0 Å². The molecule has 2 heterocycles. The monoisotopic (exact) mass is 469 g/mol. The molecular formula is C28H27N3O4. The molecule has 0 saturated heterocycles. The van der Waals surface area contributed by atoms with E-state index in [1.165, 1.54) is 0 Å². The number of nitrogens with one attached hydrogen (secondary N) is 1. The van der Waals surface area contributed by atoms with E-state index in [1.54, 1.807) is 21.3 Å². The second-order valence-corrected chi connectivity index (χ2v) is 8.35. The molecule has 3 aromatic carbocycles. The van der Waals surface area contributed by atoms with Crippen molar-refractivity contribution in [1.29, 1.82) is 0 Å². The molecule has 5 rings (SSSR count). The van der Waals surface area contributed by atoms with Gasteiger partial charge in [0, 0.05) is 28.4 Å². The lowest BCUT2D eigenvalue weighted by atomic mass is 10.0. The Morgan fingerprint density at radius 2 is 1.66 bits per heavy atom. The molecule has 7 heteroatoms. The van der Waals surface area contributed by atoms with Crippen LogP contribution in [0.4, 0.5) is 5.82 Å². The van der Waals surface area contributed by atoms with Crippen LogP contribution in [0.1, 0.15) is 24.4 Å². The van der Waals surface area contributed by atoms with Crippen molar-refractivity contribution in [1.82, 2.24) is 9.97 Å². The summed E-state index contributed by atoms with van der Waals surface area (Å²) in [6.45, 7) is 3.98. The van der Waals surface area contributed by atoms with Gasteiger partial charge in [0.05, 0.1) is 26.8 Å². The Kier molecular flexibility index (Phi) is 5.91. The van der Waals surface area contributed by atoms with Crippen LogP contribution in [0.2, 0.25) is 0 Å². The van der Waals surface area contributed by atoms with Gasteiger partial charge in [-0.1, -0.05) is 18.2 Å². The molecule has 0 spiro atoms. The molecule has 7 nitrogen and oxygen atoms in total. The number of fused-ring (bicyclic) bond motifs is 2. The quantitative estimate of drug-likeness (QED) is 0.289. The highest BCUT2D eigenvalue weighted by atomic mass is 16.5. The van der Waals surface area contributed by atoms with E-state index in [1.807, 2.05) is 55.5 Å². The van der Waals surface area contributed by atoms with E-state index < -0.39 is 0 Å². The van der Waals surface area contributed by atoms with Crippen LogP contribution in [0.5, 0.6) is 17.2 Å². The molecule has 1 atom stereocenters. The molecule has 2 aromatic heterocycles. The number of anilines is 1. The largest absolute Gasteiger partial charge is 0.497 e. The Bertz CT molecular complexity index is 1530. The molecule has 0 bridgehead atoms. The van der Waals surface area contributed by atoms with E-state index in [4.69, 9.17) is 18.6 Å². The van der Waals surface area contributed by atoms with Crippen molar-refractivity contribution in [2.45, 2.75) is 19.9 Å². The smallest absolute Gasteiger partial charge is 0.162 e. The van der Waals surface area contributed by atoms with Gasteiger partial charge >= 0.3 is 0 Å². The third kappa shape index (κ3) is 4.33. The lowest BCUT2D eigenvalue weighted by molar-refractivity contribution is 0.356. The van der Waals surface area contributed by atoms with E-state index in [9.17, 15) is 0 Å². The van der Waals surface area contributed by atoms with Crippen molar-refractivity contribution < 1.29 is 18.6 Å². The third-order valence-corrected chi connectivity index (χ3v) is 6.06. The van der Waals surface area contributed by atoms with Crippen LogP contribution in [0.25, 0.3) is 33.2 Å². The number of aromatic nitrogens is 2. The van der Waals surface area contributed by atoms with E-state index in [0.29, 0.717) is 17.3 Å². The molecule has 0 aliphatic rings. The Hall–Kier alpha value is -4.26. The zero-order valence-electron chi connectivity index (χ0n) is 20.4. The SMILES string of the molecule is COc1ccc2oc(-c3cccc([C@@H](C)Nc4nc(C)nc5cc(OC)c(OC)cc45)c3)cc2c1. The van der Waals surface area contributed by atoms with E-state index >= 15 is 0 Å². The summed E-state index contributed by atoms with van der Waals surface area (Å²) in [4.78, 5) is 9.25. The molecule has 0 saturated carbocycles. The fraction of sp³-hybridized carbons (Fsp3) is 0.214. The normalized spacial score (nSPS) is 12.0. The summed E-state index contributed by atoms with van der Waals surface area (Å²) in [6.07, 6.45) is 0. The maximum atomic E-state index is 6.11. The summed E-state index contributed by atoms with van der Waals surface area (Å²) in [5, 5.41) is 5.42. The minimum atomic E-state index is -0.0231. The maximum Gasteiger partial charge on any atom is 0.162 e. The Balaban J connectivity index is 1.48. The number of ether oxygens (including phenoxy) is 3. The van der Waals surface area contributed by atoms with Crippen molar-refractivity contribution in [2.75, 3.05) is 26.6 Å². The molecule has 0 aliphatic carbocycles. The summed E-state index contributed by atoms with van der Waals surface area (Å²) >= 11 is 0. The second kappa shape index (κ2) is 9.18. The summed E-state index contributed by atoms with van der Waals surface area (Å²) < 4.78 is 22.4. The van der Waals surface area contributed by atoms with Crippen LogP contribution in [-0.4, -0.2) is 31.3 Å². The van der Waals surface area contributed by atoms with Gasteiger partial charge in [-0.05, 0) is 55.8 Å². The highest BCUT2D eigenvalue weighted by Crippen LogP contribution is 2.36. The average molecular weight is 470 g/mol. The average Bonchev–Trinajstić information content (AvgIpc) is 3.31. The zero-order chi connectivity index (χ0) is 24.5. The molecule has 1 N–H and O–H groups in total. The maximum absolute atomic E-state index is 6.11. The first kappa shape index (κ1) is 22.5. The van der Waals surface area contributed by atoms with Crippen LogP contribution in [0.15, 0.2) is 65.1 Å². The molecule has 0 unspecified atom stereocenters. The summed E-state index contributed by atoms with van der Waals surface area (Å²) in [6, 6.07) is 19.9. The fourth-order valence-electron chi connectivity index (χ4n) is 4.22. The highest BCUT2D eigenvalue weighted by Gasteiger charge is 2.16. The Morgan fingerprint density at radius 3 is 2.43 bits per heavy atom. The van der Waals surface area contributed by atoms with Gasteiger partial charge in [0.1, 0.15) is 28.7 Å². The first-order valence-corrected chi connectivity index (χ1v) is 11.3. The first-order valence-electron chi connectivity index (χ1n) is 11.3. The molecule has 0 aliphatic heterocycles. The standard InChI is InChI=1S/C28H27N3O4/c1-16(29-28-22-14-26(33-4)27(34-5)15-23(22)30-17(2)31-28)18-7-6-8-19(11-18)25-13-20-12-21(32-3)9-10-24(20)35-25/h6-16H,1-5H3,(H,29,30,31)/t16-/m1/s1. The predicted molar refractivity (Wildman–Crippen MR) is 138 cm³/mol. The molecule has 0 fully saturated rings. The lowest BCUT2D eigenvalue weighted by Crippen LogP contribution is -2.10. The minimum absolute atomic E-state index is 0.0231. The van der Waals surface area contributed by atoms with Crippen LogP contribution in [0, 0.1) is 6.92 Å². The second-order valence-electron chi connectivity index (χ2n) is 8.35. The number of benzene rings is 3. The number of hydrogen-bond acceptors (Lipinski definition) is 7. The number of hydrogen-bond donors (Lipinski definition) is 1. The number of furan rings is 1. The predicted octanol–water partition coefficient (Wildman–Crippen LogP) is 6.55. The van der Waals surface area contributed by atoms with Gasteiger partial charge in [-0.3, -0.25) is 0 Å². The van der Waals surface area contributed by atoms with Gasteiger partial charge in [0.25, 0.3) is 0 Å². The van der Waals surface area contributed by atoms with Crippen LogP contribution >= 0.6 is 0 Å². The number of methoxy groups -OCH3 is 3. The topological polar surface area (TPSA) is 78.6 Å². The van der Waals surface area contributed by atoms with Gasteiger partial charge in [0.15, 0.2) is 11.5 Å². The molecule has 0 radical (unpaired) electrons. The van der Waals surface area contributed by atoms with Crippen molar-refractivity contribution in [2.24, 2.45) is 0 Å². The third-order valence-electron chi connectivity index (χ3n) is 6.06. The van der Waals surface area contributed by atoms with Crippen molar-refractivity contribution in [3.05, 3.63) is 72.1 Å². The first-order chi connectivity index (χ1) is 17.0. The Morgan fingerprint density at radius 1 is 0.857 bits per heavy atom. The fourth-order valence-corrected chi connectivity index (χ4v) is 4.22. The number of nitrogens with zero attached hydrogens (tertiary/aromatic N) is 2. The molecular weight excluding hydrogens is 442 g/mol. The van der Waals surface area contributed by atoms with Crippen LogP contribution in [-0.2, 0) is 0 Å². The van der Waals surface area contributed by atoms with Gasteiger partial charge in [-0.25, -0.2) is 9.97 Å². The number of rotatable bonds is 7. The van der Waals surface area contributed by atoms with E-state index in [-0.39, 0.29) is 6.04 Å². The molecule has 5 aromatic rings. The number of aryl methyl sites for hydroxylation is 1. The van der Waals surface area contributed by atoms with Crippen molar-refractivity contribution in [3.8, 4) is 28.6 Å². The zero-order valence-corrected chi connectivity index (χ0v) is 20.4. The van der Waals surface area contributed by atoms with E-state index in [2.05, 4.69) is 34.3 Å². The van der Waals surface area contributed by atoms with Crippen molar-refractivity contribution in [3.63, 3.8) is 0 Å². The summed E-state index contributed by atoms with van der Waals surface area (Å²) in [5.74, 6) is 4.29. The Labute approximate surface area is 203 Å². The molecule has 0 amide bonds.